The van der Waals surface area contributed by atoms with Crippen LogP contribution in [0.5, 0.6) is 0 Å². The van der Waals surface area contributed by atoms with Gasteiger partial charge in [0.2, 0.25) is 5.91 Å². The first-order valence-corrected chi connectivity index (χ1v) is 9.63. The second kappa shape index (κ2) is 9.57. The number of carbonyl (C=O) groups excluding carboxylic acids is 3. The number of carbonyl (C=O) groups is 3. The zero-order valence-electron chi connectivity index (χ0n) is 17.1. The molecule has 1 aliphatic heterocycles. The predicted octanol–water partition coefficient (Wildman–Crippen LogP) is 3.47. The minimum absolute atomic E-state index is 0.216. The molecule has 7 nitrogen and oxygen atoms in total. The fourth-order valence-corrected chi connectivity index (χ4v) is 3.03. The van der Waals surface area contributed by atoms with Crippen LogP contribution in [-0.2, 0) is 20.7 Å². The summed E-state index contributed by atoms with van der Waals surface area (Å²) in [6.45, 7) is 6.47. The number of rotatable bonds is 7. The Labute approximate surface area is 166 Å². The molecule has 0 bridgehead atoms. The Morgan fingerprint density at radius 2 is 1.93 bits per heavy atom. The molecule has 1 saturated heterocycles. The second-order valence-corrected chi connectivity index (χ2v) is 8.04. The number of ether oxygens (including phenoxy) is 2. The first-order chi connectivity index (χ1) is 13.2. The fraction of sp³-hybridized carbons (Fsp3) is 0.571. The highest BCUT2D eigenvalue weighted by Gasteiger charge is 2.33. The summed E-state index contributed by atoms with van der Waals surface area (Å²) in [7, 11) is 1.68. The first-order valence-electron chi connectivity index (χ1n) is 9.63. The average Bonchev–Trinajstić information content (AvgIpc) is 3.05. The van der Waals surface area contributed by atoms with Crippen LogP contribution in [0.25, 0.3) is 0 Å². The molecule has 1 unspecified atom stereocenters. The van der Waals surface area contributed by atoms with Crippen LogP contribution >= 0.6 is 0 Å². The van der Waals surface area contributed by atoms with Gasteiger partial charge in [-0.05, 0) is 45.6 Å². The molecule has 0 saturated carbocycles. The predicted molar refractivity (Wildman–Crippen MR) is 105 cm³/mol. The normalized spacial score (nSPS) is 15.1. The highest BCUT2D eigenvalue weighted by atomic mass is 16.6. The van der Waals surface area contributed by atoms with Crippen molar-refractivity contribution in [1.29, 1.82) is 0 Å². The largest absolute Gasteiger partial charge is 0.447 e. The van der Waals surface area contributed by atoms with E-state index < -0.39 is 11.7 Å². The van der Waals surface area contributed by atoms with Crippen molar-refractivity contribution in [2.24, 2.45) is 5.92 Å². The quantitative estimate of drug-likeness (QED) is 0.712. The molecule has 1 heterocycles. The van der Waals surface area contributed by atoms with Gasteiger partial charge in [-0.1, -0.05) is 30.3 Å². The molecular weight excluding hydrogens is 360 g/mol. The van der Waals surface area contributed by atoms with Crippen LogP contribution in [-0.4, -0.2) is 60.2 Å². The molecule has 28 heavy (non-hydrogen) atoms. The Hall–Kier alpha value is -2.57. The molecule has 0 aromatic heterocycles. The van der Waals surface area contributed by atoms with E-state index in [0.29, 0.717) is 32.4 Å². The topological polar surface area (TPSA) is 76.2 Å². The highest BCUT2D eigenvalue weighted by Crippen LogP contribution is 2.20. The van der Waals surface area contributed by atoms with Crippen molar-refractivity contribution < 1.29 is 23.9 Å². The summed E-state index contributed by atoms with van der Waals surface area (Å²) in [6.07, 6.45) is 0.766. The molecule has 1 aliphatic rings. The number of benzene rings is 1. The lowest BCUT2D eigenvalue weighted by atomic mass is 9.93. The van der Waals surface area contributed by atoms with Crippen molar-refractivity contribution in [3.63, 3.8) is 0 Å². The van der Waals surface area contributed by atoms with Crippen molar-refractivity contribution >= 4 is 18.1 Å². The minimum Gasteiger partial charge on any atom is -0.447 e. The van der Waals surface area contributed by atoms with Crippen LogP contribution < -0.4 is 0 Å². The summed E-state index contributed by atoms with van der Waals surface area (Å²) >= 11 is 0. The second-order valence-electron chi connectivity index (χ2n) is 8.04. The van der Waals surface area contributed by atoms with E-state index in [1.165, 1.54) is 9.80 Å². The lowest BCUT2D eigenvalue weighted by Gasteiger charge is -2.25. The van der Waals surface area contributed by atoms with Crippen LogP contribution in [0.2, 0.25) is 0 Å². The summed E-state index contributed by atoms with van der Waals surface area (Å²) in [5.41, 5.74) is 0.488. The van der Waals surface area contributed by atoms with E-state index in [-0.39, 0.29) is 24.5 Å². The van der Waals surface area contributed by atoms with Gasteiger partial charge in [0, 0.05) is 19.5 Å². The summed E-state index contributed by atoms with van der Waals surface area (Å²) in [5.74, 6) is -0.564. The lowest BCUT2D eigenvalue weighted by molar-refractivity contribution is -0.132. The van der Waals surface area contributed by atoms with Crippen LogP contribution in [0.4, 0.5) is 9.59 Å². The number of hydrogen-bond acceptors (Lipinski definition) is 5. The number of nitrogens with zero attached hydrogens (tertiary/aromatic N) is 2. The summed E-state index contributed by atoms with van der Waals surface area (Å²) in [5, 5.41) is 0. The summed E-state index contributed by atoms with van der Waals surface area (Å²) in [4.78, 5) is 39.4. The fourth-order valence-electron chi connectivity index (χ4n) is 3.03. The van der Waals surface area contributed by atoms with E-state index >= 15 is 0 Å². The molecule has 154 valence electrons. The Kier molecular flexibility index (Phi) is 7.43. The first kappa shape index (κ1) is 21.7. The van der Waals surface area contributed by atoms with Crippen molar-refractivity contribution in [2.75, 3.05) is 26.7 Å². The molecule has 0 radical (unpaired) electrons. The van der Waals surface area contributed by atoms with Crippen molar-refractivity contribution in [3.8, 4) is 0 Å². The smallest absolute Gasteiger partial charge is 0.416 e. The van der Waals surface area contributed by atoms with Crippen molar-refractivity contribution in [1.82, 2.24) is 9.80 Å². The van der Waals surface area contributed by atoms with Crippen molar-refractivity contribution in [3.05, 3.63) is 35.9 Å². The van der Waals surface area contributed by atoms with Gasteiger partial charge in [0.25, 0.3) is 0 Å². The Morgan fingerprint density at radius 1 is 1.25 bits per heavy atom. The van der Waals surface area contributed by atoms with E-state index in [9.17, 15) is 14.4 Å². The molecule has 7 heteroatoms. The van der Waals surface area contributed by atoms with E-state index in [1.54, 1.807) is 7.05 Å². The van der Waals surface area contributed by atoms with Gasteiger partial charge >= 0.3 is 12.2 Å². The SMILES string of the molecule is CN(CCCC(Cc1ccccc1)C(=O)N1CCOC1=O)C(=O)OC(C)(C)C. The van der Waals surface area contributed by atoms with E-state index in [4.69, 9.17) is 9.47 Å². The minimum atomic E-state index is -0.575. The van der Waals surface area contributed by atoms with Crippen LogP contribution in [0.15, 0.2) is 30.3 Å². The van der Waals surface area contributed by atoms with Gasteiger partial charge in [-0.2, -0.15) is 0 Å². The van der Waals surface area contributed by atoms with Crippen LogP contribution in [0, 0.1) is 5.92 Å². The molecule has 0 aliphatic carbocycles. The number of amides is 3. The van der Waals surface area contributed by atoms with Gasteiger partial charge in [0.15, 0.2) is 0 Å². The third-order valence-electron chi connectivity index (χ3n) is 4.45. The van der Waals surface area contributed by atoms with Crippen molar-refractivity contribution in [2.45, 2.75) is 45.6 Å². The van der Waals surface area contributed by atoms with E-state index in [0.717, 1.165) is 5.56 Å². The molecule has 0 N–H and O–H groups in total. The van der Waals surface area contributed by atoms with Gasteiger partial charge in [-0.25, -0.2) is 14.5 Å². The Balaban J connectivity index is 1.96. The molecule has 0 spiro atoms. The Morgan fingerprint density at radius 3 is 2.50 bits per heavy atom. The monoisotopic (exact) mass is 390 g/mol. The third kappa shape index (κ3) is 6.55. The highest BCUT2D eigenvalue weighted by molar-refractivity contribution is 5.94. The maximum Gasteiger partial charge on any atom is 0.416 e. The molecule has 1 aromatic rings. The molecule has 2 rings (SSSR count). The zero-order chi connectivity index (χ0) is 20.7. The molecule has 3 amide bonds. The van der Waals surface area contributed by atoms with Gasteiger partial charge in [0.05, 0.1) is 6.54 Å². The number of imide groups is 1. The Bertz CT molecular complexity index is 684. The van der Waals surface area contributed by atoms with E-state index in [1.807, 2.05) is 51.1 Å². The average molecular weight is 390 g/mol. The third-order valence-corrected chi connectivity index (χ3v) is 4.45. The number of cyclic esters (lactones) is 1. The molecule has 1 atom stereocenters. The van der Waals surface area contributed by atoms with Crippen LogP contribution in [0.3, 0.4) is 0 Å². The van der Waals surface area contributed by atoms with Crippen LogP contribution in [0.1, 0.15) is 39.2 Å². The molecule has 1 aromatic carbocycles. The maximum absolute atomic E-state index is 12.9. The van der Waals surface area contributed by atoms with Gasteiger partial charge < -0.3 is 14.4 Å². The lowest BCUT2D eigenvalue weighted by Crippen LogP contribution is -2.38. The van der Waals surface area contributed by atoms with Gasteiger partial charge in [0.1, 0.15) is 12.2 Å². The molecular formula is C21H30N2O5. The van der Waals surface area contributed by atoms with E-state index in [2.05, 4.69) is 0 Å². The summed E-state index contributed by atoms with van der Waals surface area (Å²) in [6, 6.07) is 9.72. The maximum atomic E-state index is 12.9. The standard InChI is InChI=1S/C21H30N2O5/c1-21(2,3)28-19(25)22(4)12-8-11-17(15-16-9-6-5-7-10-16)18(24)23-13-14-27-20(23)26/h5-7,9-10,17H,8,11-15H2,1-4H3. The van der Waals surface area contributed by atoms with Gasteiger partial charge in [-0.3, -0.25) is 4.79 Å². The number of hydrogen-bond donors (Lipinski definition) is 0. The zero-order valence-corrected chi connectivity index (χ0v) is 17.1. The molecule has 1 fully saturated rings. The summed E-state index contributed by atoms with van der Waals surface area (Å²) < 4.78 is 10.3. The van der Waals surface area contributed by atoms with Gasteiger partial charge in [-0.15, -0.1) is 0 Å².